The Balaban J connectivity index is 1.51. The van der Waals surface area contributed by atoms with Crippen LogP contribution in [0.1, 0.15) is 23.6 Å². The Bertz CT molecular complexity index is 1040. The van der Waals surface area contributed by atoms with E-state index in [2.05, 4.69) is 82.3 Å². The van der Waals surface area contributed by atoms with Gasteiger partial charge in [-0.2, -0.15) is 0 Å². The summed E-state index contributed by atoms with van der Waals surface area (Å²) >= 11 is 6.18. The van der Waals surface area contributed by atoms with Crippen LogP contribution in [0.25, 0.3) is 0 Å². The molecule has 2 N–H and O–H groups in total. The lowest BCUT2D eigenvalue weighted by Crippen LogP contribution is -2.33. The van der Waals surface area contributed by atoms with Gasteiger partial charge in [-0.1, -0.05) is 66.2 Å². The SMILES string of the molecule is CC(=O)NCc1cccc(CN(CC2CNCC2Cc2ccccc2)c2ccc(Cl)cc2)c1. The number of carbonyl (C=O) groups excluding carboxylic acids is 1. The maximum Gasteiger partial charge on any atom is 0.217 e. The maximum absolute atomic E-state index is 11.3. The normalized spacial score (nSPS) is 17.6. The van der Waals surface area contributed by atoms with Gasteiger partial charge in [-0.05, 0) is 72.3 Å². The summed E-state index contributed by atoms with van der Waals surface area (Å²) in [5.74, 6) is 1.15. The summed E-state index contributed by atoms with van der Waals surface area (Å²) < 4.78 is 0. The summed E-state index contributed by atoms with van der Waals surface area (Å²) in [4.78, 5) is 13.8. The van der Waals surface area contributed by atoms with Crippen LogP contribution in [-0.4, -0.2) is 25.5 Å². The third kappa shape index (κ3) is 6.83. The predicted molar refractivity (Wildman–Crippen MR) is 136 cm³/mol. The second-order valence-electron chi connectivity index (χ2n) is 8.95. The molecular weight excluding hydrogens is 430 g/mol. The van der Waals surface area contributed by atoms with Crippen LogP contribution in [-0.2, 0) is 24.3 Å². The molecule has 1 heterocycles. The third-order valence-corrected chi connectivity index (χ3v) is 6.63. The van der Waals surface area contributed by atoms with Gasteiger partial charge in [-0.15, -0.1) is 0 Å². The lowest BCUT2D eigenvalue weighted by atomic mass is 9.89. The highest BCUT2D eigenvalue weighted by atomic mass is 35.5. The summed E-state index contributed by atoms with van der Waals surface area (Å²) in [6.45, 7) is 5.97. The van der Waals surface area contributed by atoms with E-state index in [1.807, 2.05) is 12.1 Å². The highest BCUT2D eigenvalue weighted by Crippen LogP contribution is 2.27. The molecule has 0 radical (unpaired) electrons. The second-order valence-corrected chi connectivity index (χ2v) is 9.39. The predicted octanol–water partition coefficient (Wildman–Crippen LogP) is 5.06. The van der Waals surface area contributed by atoms with Gasteiger partial charge in [-0.3, -0.25) is 4.79 Å². The Hall–Kier alpha value is -2.82. The number of rotatable bonds is 9. The van der Waals surface area contributed by atoms with Gasteiger partial charge in [0.05, 0.1) is 0 Å². The van der Waals surface area contributed by atoms with Crippen molar-refractivity contribution in [2.45, 2.75) is 26.4 Å². The van der Waals surface area contributed by atoms with Gasteiger partial charge < -0.3 is 15.5 Å². The highest BCUT2D eigenvalue weighted by molar-refractivity contribution is 6.30. The molecule has 1 saturated heterocycles. The molecule has 1 aliphatic rings. The van der Waals surface area contributed by atoms with Crippen LogP contribution in [0.3, 0.4) is 0 Å². The van der Waals surface area contributed by atoms with E-state index in [0.717, 1.165) is 43.2 Å². The average Bonchev–Trinajstić information content (AvgIpc) is 3.25. The van der Waals surface area contributed by atoms with Crippen LogP contribution < -0.4 is 15.5 Å². The molecule has 0 saturated carbocycles. The number of hydrogen-bond acceptors (Lipinski definition) is 3. The van der Waals surface area contributed by atoms with Crippen molar-refractivity contribution in [3.8, 4) is 0 Å². The molecule has 1 aliphatic heterocycles. The minimum absolute atomic E-state index is 0.0126. The third-order valence-electron chi connectivity index (χ3n) is 6.37. The average molecular weight is 462 g/mol. The Kier molecular flexibility index (Phi) is 8.03. The lowest BCUT2D eigenvalue weighted by molar-refractivity contribution is -0.119. The zero-order valence-electron chi connectivity index (χ0n) is 19.1. The number of nitrogens with one attached hydrogen (secondary N) is 2. The molecule has 0 aromatic heterocycles. The van der Waals surface area contributed by atoms with Crippen LogP contribution in [0.4, 0.5) is 5.69 Å². The van der Waals surface area contributed by atoms with Gasteiger partial charge in [0.15, 0.2) is 0 Å². The molecule has 172 valence electrons. The summed E-state index contributed by atoms with van der Waals surface area (Å²) in [6.07, 6.45) is 1.10. The first kappa shape index (κ1) is 23.3. The van der Waals surface area contributed by atoms with E-state index in [1.165, 1.54) is 16.8 Å². The van der Waals surface area contributed by atoms with Gasteiger partial charge in [0.25, 0.3) is 0 Å². The highest BCUT2D eigenvalue weighted by Gasteiger charge is 2.29. The van der Waals surface area contributed by atoms with Gasteiger partial charge >= 0.3 is 0 Å². The Morgan fingerprint density at radius 2 is 1.64 bits per heavy atom. The molecule has 0 bridgehead atoms. The van der Waals surface area contributed by atoms with E-state index >= 15 is 0 Å². The van der Waals surface area contributed by atoms with Crippen molar-refractivity contribution in [3.05, 3.63) is 101 Å². The standard InChI is InChI=1S/C28H32ClN3O/c1-21(33)31-16-23-8-5-9-24(14-23)19-32(28-12-10-27(29)11-13-28)20-26-18-30-17-25(26)15-22-6-3-2-4-7-22/h2-14,25-26,30H,15-20H2,1H3,(H,31,33). The van der Waals surface area contributed by atoms with E-state index in [9.17, 15) is 4.79 Å². The molecule has 0 aliphatic carbocycles. The summed E-state index contributed by atoms with van der Waals surface area (Å²) in [5, 5.41) is 7.26. The monoisotopic (exact) mass is 461 g/mol. The minimum atomic E-state index is -0.0126. The fourth-order valence-corrected chi connectivity index (χ4v) is 4.76. The van der Waals surface area contributed by atoms with Crippen molar-refractivity contribution in [2.75, 3.05) is 24.5 Å². The Labute approximate surface area is 202 Å². The topological polar surface area (TPSA) is 44.4 Å². The molecule has 4 rings (SSSR count). The number of nitrogens with zero attached hydrogens (tertiary/aromatic N) is 1. The molecule has 5 heteroatoms. The quantitative estimate of drug-likeness (QED) is 0.468. The fourth-order valence-electron chi connectivity index (χ4n) is 4.64. The summed E-state index contributed by atoms with van der Waals surface area (Å²) in [6, 6.07) is 27.4. The molecule has 33 heavy (non-hydrogen) atoms. The minimum Gasteiger partial charge on any atom is -0.367 e. The smallest absolute Gasteiger partial charge is 0.217 e. The van der Waals surface area contributed by atoms with E-state index in [-0.39, 0.29) is 5.91 Å². The second kappa shape index (κ2) is 11.4. The molecular formula is C28H32ClN3O. The number of carbonyl (C=O) groups is 1. The van der Waals surface area contributed by atoms with Crippen molar-refractivity contribution >= 4 is 23.2 Å². The zero-order valence-corrected chi connectivity index (χ0v) is 19.9. The molecule has 0 spiro atoms. The first-order chi connectivity index (χ1) is 16.1. The molecule has 1 fully saturated rings. The van der Waals surface area contributed by atoms with Crippen molar-refractivity contribution in [2.24, 2.45) is 11.8 Å². The van der Waals surface area contributed by atoms with Crippen molar-refractivity contribution in [1.29, 1.82) is 0 Å². The molecule has 3 aromatic carbocycles. The first-order valence-electron chi connectivity index (χ1n) is 11.6. The van der Waals surface area contributed by atoms with Crippen LogP contribution in [0, 0.1) is 11.8 Å². The van der Waals surface area contributed by atoms with Crippen molar-refractivity contribution in [1.82, 2.24) is 10.6 Å². The van der Waals surface area contributed by atoms with E-state index in [4.69, 9.17) is 11.6 Å². The molecule has 2 atom stereocenters. The van der Waals surface area contributed by atoms with E-state index in [1.54, 1.807) is 6.92 Å². The number of benzene rings is 3. The molecule has 2 unspecified atom stereocenters. The Morgan fingerprint density at radius 1 is 0.939 bits per heavy atom. The van der Waals surface area contributed by atoms with E-state index < -0.39 is 0 Å². The number of amides is 1. The molecule has 4 nitrogen and oxygen atoms in total. The maximum atomic E-state index is 11.3. The number of halogens is 1. The number of hydrogen-bond donors (Lipinski definition) is 2. The summed E-state index contributed by atoms with van der Waals surface area (Å²) in [5.41, 5.74) is 4.93. The fraction of sp³-hybridized carbons (Fsp3) is 0.321. The van der Waals surface area contributed by atoms with Crippen molar-refractivity contribution < 1.29 is 4.79 Å². The lowest BCUT2D eigenvalue weighted by Gasteiger charge is -2.30. The first-order valence-corrected chi connectivity index (χ1v) is 12.0. The number of anilines is 1. The van der Waals surface area contributed by atoms with Gasteiger partial charge in [0.1, 0.15) is 0 Å². The van der Waals surface area contributed by atoms with Crippen LogP contribution in [0.2, 0.25) is 5.02 Å². The van der Waals surface area contributed by atoms with Gasteiger partial charge in [0, 0.05) is 37.3 Å². The molecule has 1 amide bonds. The zero-order chi connectivity index (χ0) is 23.0. The van der Waals surface area contributed by atoms with Crippen LogP contribution in [0.5, 0.6) is 0 Å². The van der Waals surface area contributed by atoms with Gasteiger partial charge in [0.2, 0.25) is 5.91 Å². The van der Waals surface area contributed by atoms with Gasteiger partial charge in [-0.25, -0.2) is 0 Å². The Morgan fingerprint density at radius 3 is 2.39 bits per heavy atom. The van der Waals surface area contributed by atoms with E-state index in [0.29, 0.717) is 18.4 Å². The summed E-state index contributed by atoms with van der Waals surface area (Å²) in [7, 11) is 0. The molecule has 3 aromatic rings. The largest absolute Gasteiger partial charge is 0.367 e. The van der Waals surface area contributed by atoms with Crippen LogP contribution in [0.15, 0.2) is 78.9 Å². The van der Waals surface area contributed by atoms with Crippen LogP contribution >= 0.6 is 11.6 Å². The van der Waals surface area contributed by atoms with Crippen molar-refractivity contribution in [3.63, 3.8) is 0 Å².